The van der Waals surface area contributed by atoms with Crippen LogP contribution in [0.3, 0.4) is 0 Å². The van der Waals surface area contributed by atoms with E-state index < -0.39 is 0 Å². The van der Waals surface area contributed by atoms with Crippen molar-refractivity contribution < 1.29 is 9.59 Å². The number of nitrogens with zero attached hydrogens (tertiary/aromatic N) is 2. The van der Waals surface area contributed by atoms with E-state index >= 15 is 0 Å². The van der Waals surface area contributed by atoms with Crippen LogP contribution < -0.4 is 9.80 Å². The van der Waals surface area contributed by atoms with Crippen molar-refractivity contribution in [1.29, 1.82) is 0 Å². The second kappa shape index (κ2) is 11.1. The van der Waals surface area contributed by atoms with Gasteiger partial charge in [-0.2, -0.15) is 0 Å². The topological polar surface area (TPSA) is 40.6 Å². The predicted octanol–water partition coefficient (Wildman–Crippen LogP) is 6.98. The van der Waals surface area contributed by atoms with Crippen LogP contribution in [-0.4, -0.2) is 37.7 Å². The number of allylic oxidation sites excluding steroid dienone is 3. The van der Waals surface area contributed by atoms with Crippen LogP contribution >= 0.6 is 0 Å². The van der Waals surface area contributed by atoms with Gasteiger partial charge in [0.2, 0.25) is 0 Å². The quantitative estimate of drug-likeness (QED) is 0.331. The minimum Gasteiger partial charge on any atom is -0.372 e. The fourth-order valence-corrected chi connectivity index (χ4v) is 6.00. The van der Waals surface area contributed by atoms with E-state index in [0.717, 1.165) is 42.9 Å². The molecule has 5 rings (SSSR count). The Morgan fingerprint density at radius 3 is 1.46 bits per heavy atom. The molecule has 37 heavy (non-hydrogen) atoms. The fourth-order valence-electron chi connectivity index (χ4n) is 6.00. The number of piperidine rings is 2. The first-order valence-electron chi connectivity index (χ1n) is 14.1. The molecule has 2 aliphatic heterocycles. The Hall–Kier alpha value is -3.14. The lowest BCUT2D eigenvalue weighted by molar-refractivity contribution is -0.127. The zero-order valence-electron chi connectivity index (χ0n) is 22.5. The Bertz CT molecular complexity index is 1090. The molecule has 0 unspecified atom stereocenters. The molecule has 1 aliphatic carbocycles. The summed E-state index contributed by atoms with van der Waals surface area (Å²) in [7, 11) is 0. The van der Waals surface area contributed by atoms with Gasteiger partial charge in [-0.25, -0.2) is 0 Å². The molecule has 0 atom stereocenters. The third kappa shape index (κ3) is 6.06. The van der Waals surface area contributed by atoms with Crippen molar-refractivity contribution in [1.82, 2.24) is 0 Å². The highest BCUT2D eigenvalue weighted by Gasteiger charge is 2.35. The zero-order valence-corrected chi connectivity index (χ0v) is 22.5. The third-order valence-corrected chi connectivity index (χ3v) is 8.09. The first-order chi connectivity index (χ1) is 17.9. The number of hydrogen-bond donors (Lipinski definition) is 0. The molecule has 1 saturated carbocycles. The van der Waals surface area contributed by atoms with Gasteiger partial charge in [0.25, 0.3) is 0 Å². The second-order valence-corrected chi connectivity index (χ2v) is 11.7. The molecule has 0 bridgehead atoms. The molecular weight excluding hydrogens is 456 g/mol. The van der Waals surface area contributed by atoms with Gasteiger partial charge in [0.15, 0.2) is 11.6 Å². The molecule has 2 heterocycles. The summed E-state index contributed by atoms with van der Waals surface area (Å²) < 4.78 is 0. The van der Waals surface area contributed by atoms with Crippen molar-refractivity contribution >= 4 is 28.5 Å². The summed E-state index contributed by atoms with van der Waals surface area (Å²) >= 11 is 0. The number of carbonyl (C=O) groups excluding carboxylic acids is 2. The van der Waals surface area contributed by atoms with Crippen LogP contribution in [0, 0.1) is 5.41 Å². The molecule has 194 valence electrons. The SMILES string of the molecule is CC1(C)CC(=O)C(=CC=C(c2ccc(N3CCCCC3)cc2)c2ccc(N3CCCCC3)cc2)C(=O)C1. The highest BCUT2D eigenvalue weighted by Crippen LogP contribution is 2.34. The van der Waals surface area contributed by atoms with Crippen LogP contribution in [0.2, 0.25) is 0 Å². The Kier molecular flexibility index (Phi) is 7.64. The van der Waals surface area contributed by atoms with E-state index in [0.29, 0.717) is 18.4 Å². The highest BCUT2D eigenvalue weighted by atomic mass is 16.1. The average molecular weight is 497 g/mol. The van der Waals surface area contributed by atoms with E-state index in [2.05, 4.69) is 58.3 Å². The van der Waals surface area contributed by atoms with E-state index in [1.165, 1.54) is 49.9 Å². The molecule has 0 spiro atoms. The van der Waals surface area contributed by atoms with Crippen LogP contribution in [0.25, 0.3) is 5.57 Å². The van der Waals surface area contributed by atoms with Gasteiger partial charge in [0.05, 0.1) is 5.57 Å². The van der Waals surface area contributed by atoms with Crippen molar-refractivity contribution in [2.75, 3.05) is 36.0 Å². The number of rotatable bonds is 5. The molecular formula is C33H40N2O2. The number of carbonyl (C=O) groups is 2. The van der Waals surface area contributed by atoms with E-state index in [-0.39, 0.29) is 17.0 Å². The van der Waals surface area contributed by atoms with Gasteiger partial charge in [-0.1, -0.05) is 44.2 Å². The van der Waals surface area contributed by atoms with Gasteiger partial charge in [-0.3, -0.25) is 9.59 Å². The molecule has 0 radical (unpaired) electrons. The van der Waals surface area contributed by atoms with Crippen molar-refractivity contribution in [2.24, 2.45) is 5.41 Å². The smallest absolute Gasteiger partial charge is 0.166 e. The summed E-state index contributed by atoms with van der Waals surface area (Å²) in [5.74, 6) is -0.0875. The maximum atomic E-state index is 12.8. The van der Waals surface area contributed by atoms with Crippen LogP contribution in [0.4, 0.5) is 11.4 Å². The molecule has 0 N–H and O–H groups in total. The second-order valence-electron chi connectivity index (χ2n) is 11.7. The fraction of sp³-hybridized carbons (Fsp3) is 0.455. The first kappa shape index (κ1) is 25.5. The lowest BCUT2D eigenvalue weighted by atomic mass is 9.74. The average Bonchev–Trinajstić information content (AvgIpc) is 2.91. The van der Waals surface area contributed by atoms with Gasteiger partial charge in [-0.05, 0) is 91.0 Å². The van der Waals surface area contributed by atoms with Crippen molar-refractivity contribution in [3.8, 4) is 0 Å². The van der Waals surface area contributed by atoms with Crippen molar-refractivity contribution in [3.63, 3.8) is 0 Å². The Morgan fingerprint density at radius 2 is 1.05 bits per heavy atom. The van der Waals surface area contributed by atoms with Crippen molar-refractivity contribution in [2.45, 2.75) is 65.2 Å². The summed E-state index contributed by atoms with van der Waals surface area (Å²) in [6.07, 6.45) is 12.2. The van der Waals surface area contributed by atoms with Gasteiger partial charge >= 0.3 is 0 Å². The van der Waals surface area contributed by atoms with Crippen molar-refractivity contribution in [3.05, 3.63) is 77.4 Å². The number of anilines is 2. The lowest BCUT2D eigenvalue weighted by Gasteiger charge is -2.29. The monoisotopic (exact) mass is 496 g/mol. The number of benzene rings is 2. The van der Waals surface area contributed by atoms with Crippen LogP contribution in [0.5, 0.6) is 0 Å². The van der Waals surface area contributed by atoms with E-state index in [9.17, 15) is 9.59 Å². The normalized spacial score (nSPS) is 20.1. The molecule has 3 aliphatic rings. The summed E-state index contributed by atoms with van der Waals surface area (Å²) in [5, 5.41) is 0. The molecule has 4 heteroatoms. The number of Topliss-reactive ketones (excluding diaryl/α,β-unsaturated/α-hetero) is 2. The molecule has 0 aromatic heterocycles. The van der Waals surface area contributed by atoms with Gasteiger partial charge in [0, 0.05) is 50.4 Å². The molecule has 0 amide bonds. The minimum atomic E-state index is -0.257. The minimum absolute atomic E-state index is 0.0438. The highest BCUT2D eigenvalue weighted by molar-refractivity contribution is 6.22. The zero-order chi connectivity index (χ0) is 25.8. The lowest BCUT2D eigenvalue weighted by Crippen LogP contribution is -2.31. The first-order valence-corrected chi connectivity index (χ1v) is 14.1. The maximum Gasteiger partial charge on any atom is 0.166 e. The summed E-state index contributed by atoms with van der Waals surface area (Å²) in [5.41, 5.74) is 5.84. The van der Waals surface area contributed by atoms with Gasteiger partial charge in [0.1, 0.15) is 0 Å². The molecule has 2 aromatic carbocycles. The van der Waals surface area contributed by atoms with Crippen LogP contribution in [0.1, 0.15) is 76.3 Å². The Morgan fingerprint density at radius 1 is 0.649 bits per heavy atom. The van der Waals surface area contributed by atoms with Gasteiger partial charge in [-0.15, -0.1) is 0 Å². The Labute approximate surface area is 222 Å². The number of ketones is 2. The summed E-state index contributed by atoms with van der Waals surface area (Å²) in [6, 6.07) is 17.6. The number of hydrogen-bond acceptors (Lipinski definition) is 4. The van der Waals surface area contributed by atoms with Crippen LogP contribution in [0.15, 0.2) is 66.3 Å². The van der Waals surface area contributed by atoms with Crippen LogP contribution in [-0.2, 0) is 9.59 Å². The summed E-state index contributed by atoms with van der Waals surface area (Å²) in [6.45, 7) is 8.46. The maximum absolute atomic E-state index is 12.8. The van der Waals surface area contributed by atoms with E-state index in [1.807, 2.05) is 19.9 Å². The standard InChI is InChI=1S/C33H40N2O2/c1-33(2)23-31(36)30(32(37)24-33)18-17-29(25-9-13-27(14-10-25)34-19-5-3-6-20-34)26-11-15-28(16-12-26)35-21-7-4-8-22-35/h9-18H,3-8,19-24H2,1-2H3. The predicted molar refractivity (Wildman–Crippen MR) is 153 cm³/mol. The molecule has 4 nitrogen and oxygen atoms in total. The molecule has 2 aromatic rings. The van der Waals surface area contributed by atoms with E-state index in [4.69, 9.17) is 0 Å². The third-order valence-electron chi connectivity index (χ3n) is 8.09. The molecule has 3 fully saturated rings. The molecule has 2 saturated heterocycles. The summed E-state index contributed by atoms with van der Waals surface area (Å²) in [4.78, 5) is 30.6. The van der Waals surface area contributed by atoms with E-state index in [1.54, 1.807) is 6.08 Å². The van der Waals surface area contributed by atoms with Gasteiger partial charge < -0.3 is 9.80 Å². The largest absolute Gasteiger partial charge is 0.372 e. The Balaban J connectivity index is 1.47.